The summed E-state index contributed by atoms with van der Waals surface area (Å²) in [5.74, 6) is -2.46. The number of halogens is 6. The lowest BCUT2D eigenvalue weighted by molar-refractivity contribution is -0.146. The standard InChI is InChI=1S/C23H18ClF5N6O2/c24-14-5-12(9-31-21(14)35-3-1-34(2-4-35)11-23(27,28)29)17-8-20(37-33-17)22(36)32-19-10-30-18-7-16(26)15(25)6-13(18)19/h5-10,30H,1-4,11H2,(H,32,36). The van der Waals surface area contributed by atoms with E-state index in [1.54, 1.807) is 11.0 Å². The molecule has 1 aromatic carbocycles. The van der Waals surface area contributed by atoms with Crippen molar-refractivity contribution in [2.75, 3.05) is 42.9 Å². The van der Waals surface area contributed by atoms with Crippen molar-refractivity contribution in [2.24, 2.45) is 0 Å². The van der Waals surface area contributed by atoms with Gasteiger partial charge in [0.1, 0.15) is 11.5 Å². The molecule has 0 unspecified atom stereocenters. The van der Waals surface area contributed by atoms with Gasteiger partial charge in [0.25, 0.3) is 5.91 Å². The number of rotatable bonds is 5. The highest BCUT2D eigenvalue weighted by molar-refractivity contribution is 6.33. The average Bonchev–Trinajstić information content (AvgIpc) is 3.47. The number of benzene rings is 1. The summed E-state index contributed by atoms with van der Waals surface area (Å²) in [5.41, 5.74) is 1.25. The zero-order valence-electron chi connectivity index (χ0n) is 18.9. The fourth-order valence-corrected chi connectivity index (χ4v) is 4.38. The summed E-state index contributed by atoms with van der Waals surface area (Å²) in [6.07, 6.45) is -1.39. The maximum Gasteiger partial charge on any atom is 0.401 e. The number of aromatic amines is 1. The van der Waals surface area contributed by atoms with Crippen LogP contribution in [0.15, 0.2) is 41.2 Å². The molecule has 194 valence electrons. The first-order chi connectivity index (χ1) is 17.6. The molecule has 2 N–H and O–H groups in total. The van der Waals surface area contributed by atoms with Crippen LogP contribution in [0.25, 0.3) is 22.2 Å². The number of carbonyl (C=O) groups is 1. The molecule has 4 heterocycles. The number of pyridine rings is 1. The van der Waals surface area contributed by atoms with Gasteiger partial charge < -0.3 is 19.7 Å². The molecule has 1 aliphatic rings. The Hall–Kier alpha value is -3.71. The number of anilines is 2. The highest BCUT2D eigenvalue weighted by Crippen LogP contribution is 2.31. The van der Waals surface area contributed by atoms with Gasteiger partial charge in [-0.3, -0.25) is 9.69 Å². The van der Waals surface area contributed by atoms with Crippen molar-refractivity contribution in [1.29, 1.82) is 0 Å². The molecule has 4 aromatic rings. The van der Waals surface area contributed by atoms with Gasteiger partial charge in [0.15, 0.2) is 11.6 Å². The average molecular weight is 541 g/mol. The van der Waals surface area contributed by atoms with E-state index in [1.807, 2.05) is 0 Å². The Kier molecular flexibility index (Phi) is 6.50. The van der Waals surface area contributed by atoms with Gasteiger partial charge in [0.2, 0.25) is 5.76 Å². The molecule has 37 heavy (non-hydrogen) atoms. The van der Waals surface area contributed by atoms with E-state index in [0.717, 1.165) is 12.1 Å². The fraction of sp³-hybridized carbons (Fsp3) is 0.261. The van der Waals surface area contributed by atoms with Crippen LogP contribution in [0.3, 0.4) is 0 Å². The molecular formula is C23H18ClF5N6O2. The van der Waals surface area contributed by atoms with Gasteiger partial charge in [0, 0.05) is 61.7 Å². The van der Waals surface area contributed by atoms with Crippen molar-refractivity contribution in [3.05, 3.63) is 59.1 Å². The second kappa shape index (κ2) is 9.63. The lowest BCUT2D eigenvalue weighted by atomic mass is 10.2. The van der Waals surface area contributed by atoms with E-state index < -0.39 is 30.3 Å². The fourth-order valence-electron chi connectivity index (χ4n) is 4.10. The van der Waals surface area contributed by atoms with Crippen molar-refractivity contribution in [3.8, 4) is 11.3 Å². The van der Waals surface area contributed by atoms with Crippen LogP contribution in [0.2, 0.25) is 5.02 Å². The molecule has 0 spiro atoms. The first-order valence-electron chi connectivity index (χ1n) is 11.0. The number of aromatic nitrogens is 3. The number of hydrogen-bond acceptors (Lipinski definition) is 6. The van der Waals surface area contributed by atoms with Crippen LogP contribution in [0, 0.1) is 11.6 Å². The zero-order chi connectivity index (χ0) is 26.3. The third-order valence-electron chi connectivity index (χ3n) is 5.90. The van der Waals surface area contributed by atoms with Crippen LogP contribution in [0.1, 0.15) is 10.6 Å². The van der Waals surface area contributed by atoms with Crippen molar-refractivity contribution >= 4 is 39.9 Å². The van der Waals surface area contributed by atoms with E-state index in [-0.39, 0.29) is 40.6 Å². The van der Waals surface area contributed by atoms with Gasteiger partial charge in [-0.05, 0) is 12.1 Å². The molecule has 0 atom stereocenters. The monoisotopic (exact) mass is 540 g/mol. The summed E-state index contributed by atoms with van der Waals surface area (Å²) in [4.78, 5) is 22.9. The molecule has 0 bridgehead atoms. The predicted molar refractivity (Wildman–Crippen MR) is 126 cm³/mol. The minimum Gasteiger partial charge on any atom is -0.359 e. The second-order valence-corrected chi connectivity index (χ2v) is 8.86. The second-order valence-electron chi connectivity index (χ2n) is 8.45. The van der Waals surface area contributed by atoms with Gasteiger partial charge in [-0.15, -0.1) is 0 Å². The predicted octanol–water partition coefficient (Wildman–Crippen LogP) is 5.09. The number of hydrogen-bond donors (Lipinski definition) is 2. The molecule has 1 fully saturated rings. The Morgan fingerprint density at radius 3 is 2.54 bits per heavy atom. The molecule has 0 radical (unpaired) electrons. The maximum absolute atomic E-state index is 13.6. The van der Waals surface area contributed by atoms with Crippen LogP contribution >= 0.6 is 11.6 Å². The summed E-state index contributed by atoms with van der Waals surface area (Å²) >= 11 is 6.40. The third kappa shape index (κ3) is 5.37. The highest BCUT2D eigenvalue weighted by Gasteiger charge is 2.32. The molecule has 3 aromatic heterocycles. The van der Waals surface area contributed by atoms with Gasteiger partial charge in [-0.1, -0.05) is 16.8 Å². The molecule has 0 aliphatic carbocycles. The van der Waals surface area contributed by atoms with Crippen LogP contribution < -0.4 is 10.2 Å². The third-order valence-corrected chi connectivity index (χ3v) is 6.18. The number of carbonyl (C=O) groups excluding carboxylic acids is 1. The number of fused-ring (bicyclic) bond motifs is 1. The highest BCUT2D eigenvalue weighted by atomic mass is 35.5. The number of H-pyrrole nitrogens is 1. The van der Waals surface area contributed by atoms with E-state index in [9.17, 15) is 26.7 Å². The SMILES string of the molecule is O=C(Nc1c[nH]c2cc(F)c(F)cc12)c1cc(-c2cnc(N3CCN(CC(F)(F)F)CC3)c(Cl)c2)no1. The molecule has 1 amide bonds. The largest absolute Gasteiger partial charge is 0.401 e. The Labute approximate surface area is 211 Å². The Morgan fingerprint density at radius 2 is 1.84 bits per heavy atom. The summed E-state index contributed by atoms with van der Waals surface area (Å²) in [6, 6.07) is 4.89. The van der Waals surface area contributed by atoms with Crippen molar-refractivity contribution in [2.45, 2.75) is 6.18 Å². The zero-order valence-corrected chi connectivity index (χ0v) is 19.6. The first-order valence-corrected chi connectivity index (χ1v) is 11.4. The molecule has 0 saturated carbocycles. The molecule has 14 heteroatoms. The van der Waals surface area contributed by atoms with Crippen molar-refractivity contribution in [1.82, 2.24) is 20.0 Å². The Balaban J connectivity index is 1.26. The normalized spacial score (nSPS) is 14.9. The molecule has 8 nitrogen and oxygen atoms in total. The van der Waals surface area contributed by atoms with Crippen molar-refractivity contribution < 1.29 is 31.3 Å². The number of piperazine rings is 1. The number of nitrogens with one attached hydrogen (secondary N) is 2. The Morgan fingerprint density at radius 1 is 1.11 bits per heavy atom. The van der Waals surface area contributed by atoms with Crippen LogP contribution in [0.5, 0.6) is 0 Å². The number of amides is 1. The minimum absolute atomic E-state index is 0.145. The van der Waals surface area contributed by atoms with E-state index >= 15 is 0 Å². The Bertz CT molecular complexity index is 1460. The maximum atomic E-state index is 13.6. The van der Waals surface area contributed by atoms with E-state index in [4.69, 9.17) is 16.1 Å². The lowest BCUT2D eigenvalue weighted by Gasteiger charge is -2.35. The molecule has 5 rings (SSSR count). The molecule has 1 aliphatic heterocycles. The summed E-state index contributed by atoms with van der Waals surface area (Å²) in [7, 11) is 0. The quantitative estimate of drug-likeness (QED) is 0.343. The van der Waals surface area contributed by atoms with E-state index in [0.29, 0.717) is 30.0 Å². The van der Waals surface area contributed by atoms with Gasteiger partial charge in [0.05, 0.1) is 22.8 Å². The minimum atomic E-state index is -4.25. The van der Waals surface area contributed by atoms with Gasteiger partial charge in [-0.25, -0.2) is 13.8 Å². The summed E-state index contributed by atoms with van der Waals surface area (Å²) < 4.78 is 70.0. The van der Waals surface area contributed by atoms with Crippen LogP contribution in [-0.4, -0.2) is 64.8 Å². The van der Waals surface area contributed by atoms with Crippen LogP contribution in [-0.2, 0) is 0 Å². The van der Waals surface area contributed by atoms with E-state index in [1.165, 1.54) is 23.4 Å². The van der Waals surface area contributed by atoms with Gasteiger partial charge in [-0.2, -0.15) is 13.2 Å². The van der Waals surface area contributed by atoms with Gasteiger partial charge >= 0.3 is 6.18 Å². The first kappa shape index (κ1) is 25.0. The molecule has 1 saturated heterocycles. The van der Waals surface area contributed by atoms with Crippen LogP contribution in [0.4, 0.5) is 33.5 Å². The summed E-state index contributed by atoms with van der Waals surface area (Å²) in [5, 5.41) is 6.97. The summed E-state index contributed by atoms with van der Waals surface area (Å²) in [6.45, 7) is 0.151. The van der Waals surface area contributed by atoms with Crippen molar-refractivity contribution in [3.63, 3.8) is 0 Å². The smallest absolute Gasteiger partial charge is 0.359 e. The topological polar surface area (TPSA) is 90.3 Å². The lowest BCUT2D eigenvalue weighted by Crippen LogP contribution is -2.49. The number of alkyl halides is 3. The van der Waals surface area contributed by atoms with E-state index in [2.05, 4.69) is 20.4 Å². The molecular weight excluding hydrogens is 523 g/mol. The number of nitrogens with zero attached hydrogens (tertiary/aromatic N) is 4.